The molecule has 2 fully saturated rings. The summed E-state index contributed by atoms with van der Waals surface area (Å²) in [6.45, 7) is 0.463. The molecule has 1 saturated heterocycles. The molecule has 0 radical (unpaired) electrons. The quantitative estimate of drug-likeness (QED) is 0.863. The highest BCUT2D eigenvalue weighted by molar-refractivity contribution is 7.13. The number of nitrogens with one attached hydrogen (secondary N) is 1. The van der Waals surface area contributed by atoms with Gasteiger partial charge in [0.1, 0.15) is 0 Å². The van der Waals surface area contributed by atoms with E-state index in [1.807, 2.05) is 5.38 Å². The molecule has 0 spiro atoms. The Bertz CT molecular complexity index is 442. The molecular weight excluding hydrogens is 238 g/mol. The van der Waals surface area contributed by atoms with Crippen molar-refractivity contribution in [2.75, 3.05) is 11.4 Å². The Morgan fingerprint density at radius 1 is 1.53 bits per heavy atom. The van der Waals surface area contributed by atoms with Crippen molar-refractivity contribution in [3.05, 3.63) is 11.6 Å². The van der Waals surface area contributed by atoms with E-state index in [-0.39, 0.29) is 17.7 Å². The summed E-state index contributed by atoms with van der Waals surface area (Å²) in [5.41, 5.74) is 0. The minimum absolute atomic E-state index is 0.00380. The van der Waals surface area contributed by atoms with E-state index in [1.54, 1.807) is 11.1 Å². The van der Waals surface area contributed by atoms with Crippen LogP contribution in [0.4, 0.5) is 5.13 Å². The lowest BCUT2D eigenvalue weighted by Gasteiger charge is -2.12. The van der Waals surface area contributed by atoms with E-state index in [0.717, 1.165) is 12.8 Å². The third-order valence-electron chi connectivity index (χ3n) is 3.07. The van der Waals surface area contributed by atoms with Gasteiger partial charge in [-0.2, -0.15) is 0 Å². The first-order valence-corrected chi connectivity index (χ1v) is 6.62. The van der Waals surface area contributed by atoms with E-state index >= 15 is 0 Å². The van der Waals surface area contributed by atoms with Crippen LogP contribution in [0, 0.1) is 5.92 Å². The fraction of sp³-hybridized carbons (Fsp3) is 0.545. The van der Waals surface area contributed by atoms with Crippen molar-refractivity contribution in [2.45, 2.75) is 25.3 Å². The topological polar surface area (TPSA) is 62.3 Å². The molecule has 1 aromatic rings. The summed E-state index contributed by atoms with van der Waals surface area (Å²) in [6, 6.07) is 0.353. The maximum Gasteiger partial charge on any atom is 0.229 e. The molecule has 1 aliphatic heterocycles. The normalized spacial score (nSPS) is 24.1. The molecule has 1 aromatic heterocycles. The zero-order valence-electron chi connectivity index (χ0n) is 9.26. The van der Waals surface area contributed by atoms with Crippen LogP contribution in [0.25, 0.3) is 0 Å². The highest BCUT2D eigenvalue weighted by atomic mass is 32.1. The van der Waals surface area contributed by atoms with Crippen molar-refractivity contribution in [3.8, 4) is 0 Å². The van der Waals surface area contributed by atoms with Crippen molar-refractivity contribution >= 4 is 28.3 Å². The van der Waals surface area contributed by atoms with Gasteiger partial charge in [-0.25, -0.2) is 4.98 Å². The number of hydrogen-bond donors (Lipinski definition) is 1. The van der Waals surface area contributed by atoms with Gasteiger partial charge in [0.25, 0.3) is 0 Å². The van der Waals surface area contributed by atoms with Crippen LogP contribution in [0.5, 0.6) is 0 Å². The van der Waals surface area contributed by atoms with E-state index in [2.05, 4.69) is 10.3 Å². The maximum atomic E-state index is 11.8. The fourth-order valence-corrected chi connectivity index (χ4v) is 2.63. The highest BCUT2D eigenvalue weighted by Gasteiger charge is 2.37. The molecule has 17 heavy (non-hydrogen) atoms. The van der Waals surface area contributed by atoms with Crippen LogP contribution in [0.15, 0.2) is 11.6 Å². The third kappa shape index (κ3) is 2.17. The number of rotatable bonds is 3. The van der Waals surface area contributed by atoms with Gasteiger partial charge < -0.3 is 5.32 Å². The van der Waals surface area contributed by atoms with Crippen molar-refractivity contribution in [1.29, 1.82) is 0 Å². The number of amides is 2. The van der Waals surface area contributed by atoms with Gasteiger partial charge in [0.15, 0.2) is 5.13 Å². The van der Waals surface area contributed by atoms with Crippen LogP contribution >= 0.6 is 11.3 Å². The van der Waals surface area contributed by atoms with E-state index in [1.165, 1.54) is 11.3 Å². The second kappa shape index (κ2) is 4.10. The fourth-order valence-electron chi connectivity index (χ4n) is 1.96. The van der Waals surface area contributed by atoms with E-state index in [9.17, 15) is 9.59 Å². The molecule has 2 aliphatic rings. The van der Waals surface area contributed by atoms with Crippen molar-refractivity contribution in [2.24, 2.45) is 5.92 Å². The molecular formula is C11H13N3O2S. The Hall–Kier alpha value is -1.43. The average Bonchev–Trinajstić information content (AvgIpc) is 2.81. The Morgan fingerprint density at radius 3 is 3.00 bits per heavy atom. The number of carbonyl (C=O) groups excluding carboxylic acids is 2. The molecule has 0 bridgehead atoms. The Labute approximate surface area is 103 Å². The molecule has 1 aliphatic carbocycles. The SMILES string of the molecule is O=C(NC1CC1)C1CC(=O)N(c2nccs2)C1. The Morgan fingerprint density at radius 2 is 2.35 bits per heavy atom. The summed E-state index contributed by atoms with van der Waals surface area (Å²) in [5.74, 6) is -0.206. The van der Waals surface area contributed by atoms with Gasteiger partial charge in [-0.05, 0) is 12.8 Å². The van der Waals surface area contributed by atoms with Gasteiger partial charge in [-0.15, -0.1) is 11.3 Å². The monoisotopic (exact) mass is 251 g/mol. The van der Waals surface area contributed by atoms with Gasteiger partial charge >= 0.3 is 0 Å². The summed E-state index contributed by atoms with van der Waals surface area (Å²) in [7, 11) is 0. The summed E-state index contributed by atoms with van der Waals surface area (Å²) in [5, 5.41) is 5.47. The minimum Gasteiger partial charge on any atom is -0.353 e. The predicted octanol–water partition coefficient (Wildman–Crippen LogP) is 0.775. The number of anilines is 1. The second-order valence-corrected chi connectivity index (χ2v) is 5.38. The molecule has 90 valence electrons. The summed E-state index contributed by atoms with van der Waals surface area (Å²) in [4.78, 5) is 29.4. The summed E-state index contributed by atoms with van der Waals surface area (Å²) < 4.78 is 0. The Balaban J connectivity index is 1.66. The van der Waals surface area contributed by atoms with Gasteiger partial charge in [0.05, 0.1) is 5.92 Å². The lowest BCUT2D eigenvalue weighted by Crippen LogP contribution is -2.34. The molecule has 1 N–H and O–H groups in total. The molecule has 6 heteroatoms. The van der Waals surface area contributed by atoms with Gasteiger partial charge in [-0.1, -0.05) is 0 Å². The molecule has 1 atom stereocenters. The van der Waals surface area contributed by atoms with Gasteiger partial charge in [-0.3, -0.25) is 14.5 Å². The third-order valence-corrected chi connectivity index (χ3v) is 3.86. The zero-order valence-corrected chi connectivity index (χ0v) is 10.1. The van der Waals surface area contributed by atoms with Crippen LogP contribution in [0.2, 0.25) is 0 Å². The van der Waals surface area contributed by atoms with Crippen molar-refractivity contribution in [1.82, 2.24) is 10.3 Å². The van der Waals surface area contributed by atoms with Gasteiger partial charge in [0.2, 0.25) is 11.8 Å². The molecule has 1 saturated carbocycles. The summed E-state index contributed by atoms with van der Waals surface area (Å²) in [6.07, 6.45) is 4.12. The lowest BCUT2D eigenvalue weighted by molar-refractivity contribution is -0.126. The van der Waals surface area contributed by atoms with Crippen LogP contribution in [0.3, 0.4) is 0 Å². The van der Waals surface area contributed by atoms with Crippen LogP contribution in [-0.2, 0) is 9.59 Å². The smallest absolute Gasteiger partial charge is 0.229 e. The maximum absolute atomic E-state index is 11.8. The second-order valence-electron chi connectivity index (χ2n) is 4.50. The van der Waals surface area contributed by atoms with Crippen LogP contribution in [-0.4, -0.2) is 29.4 Å². The molecule has 2 amide bonds. The molecule has 0 aromatic carbocycles. The lowest BCUT2D eigenvalue weighted by atomic mass is 10.1. The standard InChI is InChI=1S/C11H13N3O2S/c15-9-5-7(10(16)13-8-1-2-8)6-14(9)11-12-3-4-17-11/h3-4,7-8H,1-2,5-6H2,(H,13,16). The van der Waals surface area contributed by atoms with E-state index < -0.39 is 0 Å². The summed E-state index contributed by atoms with van der Waals surface area (Å²) >= 11 is 1.43. The highest BCUT2D eigenvalue weighted by Crippen LogP contribution is 2.27. The number of hydrogen-bond acceptors (Lipinski definition) is 4. The van der Waals surface area contributed by atoms with Crippen LogP contribution in [0.1, 0.15) is 19.3 Å². The average molecular weight is 251 g/mol. The van der Waals surface area contributed by atoms with E-state index in [0.29, 0.717) is 24.1 Å². The number of thiazole rings is 1. The predicted molar refractivity (Wildman–Crippen MR) is 63.7 cm³/mol. The Kier molecular flexibility index (Phi) is 2.58. The van der Waals surface area contributed by atoms with Crippen molar-refractivity contribution < 1.29 is 9.59 Å². The number of nitrogens with zero attached hydrogens (tertiary/aromatic N) is 2. The molecule has 1 unspecified atom stereocenters. The molecule has 5 nitrogen and oxygen atoms in total. The largest absolute Gasteiger partial charge is 0.353 e. The minimum atomic E-state index is -0.216. The first-order chi connectivity index (χ1) is 8.24. The zero-order chi connectivity index (χ0) is 11.8. The van der Waals surface area contributed by atoms with Gasteiger partial charge in [0, 0.05) is 30.6 Å². The van der Waals surface area contributed by atoms with Crippen molar-refractivity contribution in [3.63, 3.8) is 0 Å². The first kappa shape index (κ1) is 10.7. The number of carbonyl (C=O) groups is 2. The molecule has 3 rings (SSSR count). The van der Waals surface area contributed by atoms with E-state index in [4.69, 9.17) is 0 Å². The van der Waals surface area contributed by atoms with Crippen LogP contribution < -0.4 is 10.2 Å². The number of aromatic nitrogens is 1. The molecule has 2 heterocycles. The first-order valence-electron chi connectivity index (χ1n) is 5.74.